The molecule has 29 heavy (non-hydrogen) atoms. The van der Waals surface area contributed by atoms with Crippen LogP contribution in [0.1, 0.15) is 17.3 Å². The first-order valence-corrected chi connectivity index (χ1v) is 10.2. The molecule has 1 heterocycles. The molecule has 6 nitrogen and oxygen atoms in total. The number of nitrogens with zero attached hydrogens (tertiary/aromatic N) is 2. The summed E-state index contributed by atoms with van der Waals surface area (Å²) in [4.78, 5) is 28.9. The van der Waals surface area contributed by atoms with Crippen LogP contribution in [0.3, 0.4) is 0 Å². The molecule has 0 aliphatic carbocycles. The van der Waals surface area contributed by atoms with Crippen molar-refractivity contribution in [2.24, 2.45) is 0 Å². The third kappa shape index (κ3) is 6.10. The lowest BCUT2D eigenvalue weighted by Crippen LogP contribution is -2.46. The van der Waals surface area contributed by atoms with Gasteiger partial charge in [-0.2, -0.15) is 0 Å². The van der Waals surface area contributed by atoms with Gasteiger partial charge >= 0.3 is 5.97 Å². The summed E-state index contributed by atoms with van der Waals surface area (Å²) in [6, 6.07) is 12.0. The third-order valence-corrected chi connectivity index (χ3v) is 5.20. The zero-order valence-electron chi connectivity index (χ0n) is 16.2. The maximum absolute atomic E-state index is 12.1. The van der Waals surface area contributed by atoms with Gasteiger partial charge in [0.25, 0.3) is 5.91 Å². The molecule has 8 heteroatoms. The number of benzene rings is 2. The Morgan fingerprint density at radius 1 is 1.00 bits per heavy atom. The number of halogens is 2. The Balaban J connectivity index is 1.48. The van der Waals surface area contributed by atoms with Crippen molar-refractivity contribution in [3.63, 3.8) is 0 Å². The molecule has 1 fully saturated rings. The molecule has 2 aromatic rings. The Morgan fingerprint density at radius 2 is 1.62 bits per heavy atom. The maximum atomic E-state index is 12.1. The standard InChI is InChI=1S/C21H23Cl2N3O3/c1-2-25-7-9-26(10-8-25)19-5-3-18(4-6-19)24-20(27)14-29-21(28)15-11-16(22)13-17(23)12-15/h3-6,11-13H,2,7-10,14H2,1H3,(H,24,27). The highest BCUT2D eigenvalue weighted by Crippen LogP contribution is 2.21. The van der Waals surface area contributed by atoms with Crippen molar-refractivity contribution in [1.29, 1.82) is 0 Å². The van der Waals surface area contributed by atoms with Gasteiger partial charge in [-0.15, -0.1) is 0 Å². The molecule has 1 aliphatic heterocycles. The molecule has 2 aromatic carbocycles. The molecule has 1 amide bonds. The fraction of sp³-hybridized carbons (Fsp3) is 0.333. The first kappa shape index (κ1) is 21.4. The van der Waals surface area contributed by atoms with E-state index in [9.17, 15) is 9.59 Å². The minimum atomic E-state index is -0.661. The number of esters is 1. The highest BCUT2D eigenvalue weighted by Gasteiger charge is 2.16. The summed E-state index contributed by atoms with van der Waals surface area (Å²) in [6.07, 6.45) is 0. The van der Waals surface area contributed by atoms with E-state index in [0.717, 1.165) is 38.4 Å². The number of nitrogens with one attached hydrogen (secondary N) is 1. The van der Waals surface area contributed by atoms with E-state index in [1.165, 1.54) is 18.2 Å². The van der Waals surface area contributed by atoms with Gasteiger partial charge in [0.2, 0.25) is 0 Å². The van der Waals surface area contributed by atoms with Gasteiger partial charge in [-0.3, -0.25) is 4.79 Å². The van der Waals surface area contributed by atoms with E-state index in [1.54, 1.807) is 0 Å². The highest BCUT2D eigenvalue weighted by atomic mass is 35.5. The van der Waals surface area contributed by atoms with Crippen molar-refractivity contribution in [2.45, 2.75) is 6.92 Å². The van der Waals surface area contributed by atoms with Crippen LogP contribution in [0.5, 0.6) is 0 Å². The number of hydrogen-bond donors (Lipinski definition) is 1. The van der Waals surface area contributed by atoms with E-state index in [2.05, 4.69) is 22.0 Å². The van der Waals surface area contributed by atoms with Crippen LogP contribution in [0.25, 0.3) is 0 Å². The second-order valence-electron chi connectivity index (χ2n) is 6.75. The number of amides is 1. The minimum absolute atomic E-state index is 0.197. The van der Waals surface area contributed by atoms with Crippen LogP contribution in [0.4, 0.5) is 11.4 Å². The molecule has 0 bridgehead atoms. The number of ether oxygens (including phenoxy) is 1. The van der Waals surface area contributed by atoms with E-state index in [4.69, 9.17) is 27.9 Å². The number of anilines is 2. The van der Waals surface area contributed by atoms with Crippen LogP contribution in [-0.2, 0) is 9.53 Å². The van der Waals surface area contributed by atoms with E-state index in [1.807, 2.05) is 24.3 Å². The zero-order valence-corrected chi connectivity index (χ0v) is 17.7. The SMILES string of the molecule is CCN1CCN(c2ccc(NC(=O)COC(=O)c3cc(Cl)cc(Cl)c3)cc2)CC1. The summed E-state index contributed by atoms with van der Waals surface area (Å²) in [5, 5.41) is 3.37. The van der Waals surface area contributed by atoms with Gasteiger partial charge in [0.1, 0.15) is 0 Å². The largest absolute Gasteiger partial charge is 0.452 e. The second-order valence-corrected chi connectivity index (χ2v) is 7.62. The van der Waals surface area contributed by atoms with Crippen molar-refractivity contribution >= 4 is 46.5 Å². The molecule has 154 valence electrons. The fourth-order valence-electron chi connectivity index (χ4n) is 3.16. The normalized spacial score (nSPS) is 14.5. The van der Waals surface area contributed by atoms with Crippen LogP contribution in [0.2, 0.25) is 10.0 Å². The molecule has 0 spiro atoms. The molecule has 1 saturated heterocycles. The lowest BCUT2D eigenvalue weighted by Gasteiger charge is -2.35. The highest BCUT2D eigenvalue weighted by molar-refractivity contribution is 6.35. The summed E-state index contributed by atoms with van der Waals surface area (Å²) in [6.45, 7) is 6.94. The van der Waals surface area contributed by atoms with Gasteiger partial charge in [-0.1, -0.05) is 30.1 Å². The average molecular weight is 436 g/mol. The monoisotopic (exact) mass is 435 g/mol. The van der Waals surface area contributed by atoms with Crippen molar-refractivity contribution in [3.05, 3.63) is 58.1 Å². The number of carbonyl (C=O) groups excluding carboxylic acids is 2. The topological polar surface area (TPSA) is 61.9 Å². The molecule has 0 unspecified atom stereocenters. The van der Waals surface area contributed by atoms with Crippen LogP contribution in [0.15, 0.2) is 42.5 Å². The molecule has 3 rings (SSSR count). The Kier molecular flexibility index (Phi) is 7.36. The number of rotatable bonds is 6. The second kappa shape index (κ2) is 9.96. The maximum Gasteiger partial charge on any atom is 0.338 e. The first-order chi connectivity index (χ1) is 13.9. The summed E-state index contributed by atoms with van der Waals surface area (Å²) >= 11 is 11.7. The van der Waals surface area contributed by atoms with Crippen molar-refractivity contribution in [1.82, 2.24) is 4.90 Å². The Bertz CT molecular complexity index is 846. The van der Waals surface area contributed by atoms with Crippen LogP contribution >= 0.6 is 23.2 Å². The lowest BCUT2D eigenvalue weighted by atomic mass is 10.2. The summed E-state index contributed by atoms with van der Waals surface area (Å²) in [5.41, 5.74) is 1.97. The van der Waals surface area contributed by atoms with Crippen molar-refractivity contribution in [3.8, 4) is 0 Å². The van der Waals surface area contributed by atoms with Crippen LogP contribution in [0, 0.1) is 0 Å². The summed E-state index contributed by atoms with van der Waals surface area (Å²) in [7, 11) is 0. The minimum Gasteiger partial charge on any atom is -0.452 e. The first-order valence-electron chi connectivity index (χ1n) is 9.45. The van der Waals surface area contributed by atoms with E-state index >= 15 is 0 Å². The molecule has 0 aromatic heterocycles. The number of carbonyl (C=O) groups is 2. The average Bonchev–Trinajstić information content (AvgIpc) is 2.72. The summed E-state index contributed by atoms with van der Waals surface area (Å²) < 4.78 is 5.03. The van der Waals surface area contributed by atoms with Crippen molar-refractivity contribution < 1.29 is 14.3 Å². The predicted octanol–water partition coefficient (Wildman–Crippen LogP) is 3.93. The van der Waals surface area contributed by atoms with E-state index in [-0.39, 0.29) is 5.56 Å². The van der Waals surface area contributed by atoms with Gasteiger partial charge in [-0.25, -0.2) is 4.79 Å². The van der Waals surface area contributed by atoms with Gasteiger partial charge in [0.15, 0.2) is 6.61 Å². The molecule has 0 radical (unpaired) electrons. The Morgan fingerprint density at radius 3 is 2.21 bits per heavy atom. The summed E-state index contributed by atoms with van der Waals surface area (Å²) in [5.74, 6) is -1.08. The molecule has 1 N–H and O–H groups in total. The van der Waals surface area contributed by atoms with E-state index < -0.39 is 18.5 Å². The molecular formula is C21H23Cl2N3O3. The smallest absolute Gasteiger partial charge is 0.338 e. The molecular weight excluding hydrogens is 413 g/mol. The van der Waals surface area contributed by atoms with Crippen molar-refractivity contribution in [2.75, 3.05) is 49.5 Å². The van der Waals surface area contributed by atoms with Gasteiger partial charge < -0.3 is 19.9 Å². The third-order valence-electron chi connectivity index (χ3n) is 4.77. The fourth-order valence-corrected chi connectivity index (χ4v) is 3.69. The number of likely N-dealkylation sites (N-methyl/N-ethyl adjacent to an activating group) is 1. The van der Waals surface area contributed by atoms with E-state index in [0.29, 0.717) is 15.7 Å². The molecule has 0 saturated carbocycles. The van der Waals surface area contributed by atoms with Gasteiger partial charge in [0, 0.05) is 47.6 Å². The lowest BCUT2D eigenvalue weighted by molar-refractivity contribution is -0.119. The molecule has 0 atom stereocenters. The Labute approximate surface area is 180 Å². The zero-order chi connectivity index (χ0) is 20.8. The van der Waals surface area contributed by atoms with Crippen LogP contribution in [-0.4, -0.2) is 56.1 Å². The predicted molar refractivity (Wildman–Crippen MR) is 116 cm³/mol. The molecule has 1 aliphatic rings. The van der Waals surface area contributed by atoms with Gasteiger partial charge in [-0.05, 0) is 49.0 Å². The van der Waals surface area contributed by atoms with Gasteiger partial charge in [0.05, 0.1) is 5.56 Å². The van der Waals surface area contributed by atoms with Crippen LogP contribution < -0.4 is 10.2 Å². The Hall–Kier alpha value is -2.28. The number of hydrogen-bond acceptors (Lipinski definition) is 5. The number of piperazine rings is 1. The quantitative estimate of drug-likeness (QED) is 0.696.